The lowest BCUT2D eigenvalue weighted by Crippen LogP contribution is -2.55. The predicted molar refractivity (Wildman–Crippen MR) is 152 cm³/mol. The van der Waals surface area contributed by atoms with Crippen LogP contribution in [-0.2, 0) is 14.2 Å². The smallest absolute Gasteiger partial charge is 0.407 e. The zero-order chi connectivity index (χ0) is 27.0. The highest BCUT2D eigenvalue weighted by molar-refractivity contribution is 5.67. The van der Waals surface area contributed by atoms with Crippen LogP contribution < -0.4 is 5.32 Å². The summed E-state index contributed by atoms with van der Waals surface area (Å²) in [5.41, 5.74) is 0.792. The van der Waals surface area contributed by atoms with E-state index in [-0.39, 0.29) is 18.0 Å². The predicted octanol–water partition coefficient (Wildman–Crippen LogP) is 7.86. The molecule has 1 spiro atoms. The standard InChI is InChI=1S/C34H55NO4/c1-21-12-17-34(37-20-21)22(2)30-29(39-34)19-28-26-11-10-23-18-25(38-31(36)35-24-8-6-5-7-9-24)13-15-32(23,3)27(26)14-16-33(28,30)4/h21-30H,5-20H2,1-4H3,(H,35,36)/t21-,22-,23+,25-,26+,27-,28-,29-,30-,32-,33-,34+/m0/s1. The molecule has 7 aliphatic rings. The molecule has 0 aromatic heterocycles. The second kappa shape index (κ2) is 9.89. The Bertz CT molecular complexity index is 924. The maximum absolute atomic E-state index is 12.7. The van der Waals surface area contributed by atoms with E-state index in [4.69, 9.17) is 14.2 Å². The van der Waals surface area contributed by atoms with Crippen molar-refractivity contribution in [1.29, 1.82) is 0 Å². The molecule has 1 amide bonds. The maximum atomic E-state index is 12.7. The molecule has 0 bridgehead atoms. The van der Waals surface area contributed by atoms with Crippen molar-refractivity contribution in [3.63, 3.8) is 0 Å². The average molecular weight is 542 g/mol. The van der Waals surface area contributed by atoms with Crippen molar-refractivity contribution in [2.45, 2.75) is 148 Å². The van der Waals surface area contributed by atoms with E-state index >= 15 is 0 Å². The lowest BCUT2D eigenvalue weighted by atomic mass is 9.44. The molecule has 5 heteroatoms. The Morgan fingerprint density at radius 1 is 0.846 bits per heavy atom. The zero-order valence-corrected chi connectivity index (χ0v) is 25.2. The van der Waals surface area contributed by atoms with Crippen molar-refractivity contribution in [2.75, 3.05) is 6.61 Å². The van der Waals surface area contributed by atoms with Crippen molar-refractivity contribution in [3.8, 4) is 0 Å². The van der Waals surface area contributed by atoms with Crippen LogP contribution in [0.15, 0.2) is 0 Å². The van der Waals surface area contributed by atoms with Gasteiger partial charge in [0.05, 0.1) is 12.7 Å². The molecular weight excluding hydrogens is 486 g/mol. The van der Waals surface area contributed by atoms with Gasteiger partial charge in [-0.15, -0.1) is 0 Å². The monoisotopic (exact) mass is 541 g/mol. The summed E-state index contributed by atoms with van der Waals surface area (Å²) in [5, 5.41) is 3.19. The lowest BCUT2D eigenvalue weighted by molar-refractivity contribution is -0.273. The number of hydrogen-bond acceptors (Lipinski definition) is 4. The van der Waals surface area contributed by atoms with Gasteiger partial charge in [-0.05, 0) is 117 Å². The molecule has 5 aliphatic carbocycles. The quantitative estimate of drug-likeness (QED) is 0.387. The maximum Gasteiger partial charge on any atom is 0.407 e. The third-order valence-electron chi connectivity index (χ3n) is 14.1. The van der Waals surface area contributed by atoms with Gasteiger partial charge >= 0.3 is 6.09 Å². The van der Waals surface area contributed by atoms with Gasteiger partial charge in [0.25, 0.3) is 0 Å². The first-order chi connectivity index (χ1) is 18.7. The van der Waals surface area contributed by atoms with E-state index in [1.54, 1.807) is 0 Å². The van der Waals surface area contributed by atoms with Gasteiger partial charge in [0, 0.05) is 18.4 Å². The summed E-state index contributed by atoms with van der Waals surface area (Å²) in [6.07, 6.45) is 18.6. The molecule has 39 heavy (non-hydrogen) atoms. The Labute approximate surface area is 237 Å². The number of carbonyl (C=O) groups excluding carboxylic acids is 1. The molecule has 1 N–H and O–H groups in total. The zero-order valence-electron chi connectivity index (χ0n) is 25.2. The first-order valence-electron chi connectivity index (χ1n) is 17.0. The van der Waals surface area contributed by atoms with E-state index in [1.807, 2.05) is 0 Å². The number of hydrogen-bond donors (Lipinski definition) is 1. The summed E-state index contributed by atoms with van der Waals surface area (Å²) in [6.45, 7) is 10.9. The fourth-order valence-electron chi connectivity index (χ4n) is 11.9. The molecule has 2 saturated heterocycles. The molecule has 0 radical (unpaired) electrons. The molecule has 5 nitrogen and oxygen atoms in total. The average Bonchev–Trinajstić information content (AvgIpc) is 3.36. The van der Waals surface area contributed by atoms with Crippen LogP contribution in [0.4, 0.5) is 4.79 Å². The van der Waals surface area contributed by atoms with E-state index in [2.05, 4.69) is 33.0 Å². The van der Waals surface area contributed by atoms with Crippen LogP contribution in [0.3, 0.4) is 0 Å². The van der Waals surface area contributed by atoms with E-state index in [0.717, 1.165) is 56.5 Å². The van der Waals surface area contributed by atoms with Gasteiger partial charge in [-0.1, -0.05) is 47.0 Å². The molecule has 0 aromatic rings. The minimum atomic E-state index is -0.308. The fourth-order valence-corrected chi connectivity index (χ4v) is 11.9. The first kappa shape index (κ1) is 27.0. The third-order valence-corrected chi connectivity index (χ3v) is 14.1. The topological polar surface area (TPSA) is 56.8 Å². The molecule has 7 fully saturated rings. The van der Waals surface area contributed by atoms with Crippen molar-refractivity contribution in [2.24, 2.45) is 52.3 Å². The minimum Gasteiger partial charge on any atom is -0.446 e. The Morgan fingerprint density at radius 2 is 1.64 bits per heavy atom. The SMILES string of the molecule is C[C@H]1CC[C@@]2(OC1)O[C@H]1C[C@H]3[C@@H]4CC[C@@H]5C[C@@H](OC(=O)NC6CCCCC6)CC[C@]5(C)[C@H]4CC[C@]3(C)[C@H]1[C@@H]2C. The summed E-state index contributed by atoms with van der Waals surface area (Å²) >= 11 is 0. The third kappa shape index (κ3) is 4.33. The molecule has 220 valence electrons. The van der Waals surface area contributed by atoms with Gasteiger partial charge in [-0.3, -0.25) is 0 Å². The van der Waals surface area contributed by atoms with Gasteiger partial charge in [0.15, 0.2) is 5.79 Å². The summed E-state index contributed by atoms with van der Waals surface area (Å²) in [7, 11) is 0. The van der Waals surface area contributed by atoms with Crippen molar-refractivity contribution in [3.05, 3.63) is 0 Å². The van der Waals surface area contributed by atoms with Crippen molar-refractivity contribution < 1.29 is 19.0 Å². The molecule has 2 heterocycles. The lowest BCUT2D eigenvalue weighted by Gasteiger charge is -2.61. The Kier molecular flexibility index (Phi) is 6.86. The number of ether oxygens (including phenoxy) is 3. The van der Waals surface area contributed by atoms with E-state index in [0.29, 0.717) is 46.6 Å². The summed E-state index contributed by atoms with van der Waals surface area (Å²) < 4.78 is 19.5. The molecular formula is C34H55NO4. The summed E-state index contributed by atoms with van der Waals surface area (Å²) in [5.74, 6) is 4.65. The highest BCUT2D eigenvalue weighted by Gasteiger charge is 2.69. The second-order valence-electron chi connectivity index (χ2n) is 16.0. The number of amides is 1. The highest BCUT2D eigenvalue weighted by Crippen LogP contribution is 2.71. The molecule has 12 atom stereocenters. The van der Waals surface area contributed by atoms with Crippen LogP contribution >= 0.6 is 0 Å². The van der Waals surface area contributed by atoms with Crippen LogP contribution in [-0.4, -0.2) is 36.7 Å². The van der Waals surface area contributed by atoms with Crippen LogP contribution in [0.5, 0.6) is 0 Å². The first-order valence-corrected chi connectivity index (χ1v) is 17.0. The van der Waals surface area contributed by atoms with Gasteiger partial charge in [0.1, 0.15) is 6.10 Å². The van der Waals surface area contributed by atoms with E-state index in [1.165, 1.54) is 64.2 Å². The Morgan fingerprint density at radius 3 is 2.41 bits per heavy atom. The van der Waals surface area contributed by atoms with E-state index in [9.17, 15) is 4.79 Å². The second-order valence-corrected chi connectivity index (χ2v) is 16.0. The number of fused-ring (bicyclic) bond motifs is 7. The summed E-state index contributed by atoms with van der Waals surface area (Å²) in [6, 6.07) is 0.327. The van der Waals surface area contributed by atoms with Crippen LogP contribution in [0.2, 0.25) is 0 Å². The fraction of sp³-hybridized carbons (Fsp3) is 0.971. The van der Waals surface area contributed by atoms with Crippen molar-refractivity contribution >= 4 is 6.09 Å². The normalized spacial score (nSPS) is 53.4. The highest BCUT2D eigenvalue weighted by atomic mass is 16.7. The van der Waals surface area contributed by atoms with Gasteiger partial charge in [-0.25, -0.2) is 4.79 Å². The van der Waals surface area contributed by atoms with E-state index < -0.39 is 0 Å². The van der Waals surface area contributed by atoms with Crippen LogP contribution in [0.25, 0.3) is 0 Å². The molecule has 0 unspecified atom stereocenters. The van der Waals surface area contributed by atoms with Gasteiger partial charge < -0.3 is 19.5 Å². The Hall–Kier alpha value is -0.810. The van der Waals surface area contributed by atoms with Crippen LogP contribution in [0.1, 0.15) is 124 Å². The van der Waals surface area contributed by atoms with Crippen molar-refractivity contribution in [1.82, 2.24) is 5.32 Å². The Balaban J connectivity index is 1.00. The molecule has 2 aliphatic heterocycles. The van der Waals surface area contributed by atoms with Crippen LogP contribution in [0, 0.1) is 52.3 Å². The molecule has 7 rings (SSSR count). The number of nitrogens with one attached hydrogen (secondary N) is 1. The minimum absolute atomic E-state index is 0.103. The number of alkyl carbamates (subject to hydrolysis) is 1. The number of carbonyl (C=O) groups is 1. The molecule has 5 saturated carbocycles. The van der Waals surface area contributed by atoms with Gasteiger partial charge in [-0.2, -0.15) is 0 Å². The molecule has 0 aromatic carbocycles. The summed E-state index contributed by atoms with van der Waals surface area (Å²) in [4.78, 5) is 12.7. The van der Waals surface area contributed by atoms with Gasteiger partial charge in [0.2, 0.25) is 0 Å². The largest absolute Gasteiger partial charge is 0.446 e. The number of rotatable bonds is 2.